The van der Waals surface area contributed by atoms with Gasteiger partial charge in [0.15, 0.2) is 5.76 Å². The minimum absolute atomic E-state index is 0.184. The molecule has 4 nitrogen and oxygen atoms in total. The molecule has 0 aromatic heterocycles. The van der Waals surface area contributed by atoms with Gasteiger partial charge >= 0.3 is 5.97 Å². The molecule has 1 heterocycles. The van der Waals surface area contributed by atoms with Gasteiger partial charge in [-0.05, 0) is 60.5 Å². The number of carbonyl (C=O) groups is 2. The van der Waals surface area contributed by atoms with Crippen LogP contribution in [0.3, 0.4) is 0 Å². The van der Waals surface area contributed by atoms with E-state index >= 15 is 0 Å². The Bertz CT molecular complexity index is 1180. The molecule has 3 aromatic carbocycles. The van der Waals surface area contributed by atoms with Crippen molar-refractivity contribution < 1.29 is 19.1 Å². The fraction of sp³-hybridized carbons (Fsp3) is 0.0435. The number of hydrogen-bond acceptors (Lipinski definition) is 4. The number of aryl methyl sites for hydroxylation is 1. The van der Waals surface area contributed by atoms with E-state index in [4.69, 9.17) is 32.7 Å². The molecule has 0 bridgehead atoms. The number of benzene rings is 3. The van der Waals surface area contributed by atoms with Crippen molar-refractivity contribution in [2.45, 2.75) is 6.92 Å². The molecule has 1 aliphatic rings. The molecular formula is C23H14Cl2O4. The zero-order valence-electron chi connectivity index (χ0n) is 15.2. The van der Waals surface area contributed by atoms with Crippen LogP contribution >= 0.6 is 23.2 Å². The number of hydrogen-bond donors (Lipinski definition) is 0. The van der Waals surface area contributed by atoms with Crippen LogP contribution in [0.4, 0.5) is 0 Å². The zero-order valence-corrected chi connectivity index (χ0v) is 16.8. The summed E-state index contributed by atoms with van der Waals surface area (Å²) in [7, 11) is 0. The minimum atomic E-state index is -0.550. The van der Waals surface area contributed by atoms with E-state index in [1.54, 1.807) is 55.5 Å². The lowest BCUT2D eigenvalue weighted by Gasteiger charge is -2.08. The Balaban J connectivity index is 1.61. The molecule has 1 aliphatic heterocycles. The van der Waals surface area contributed by atoms with Crippen molar-refractivity contribution in [3.05, 3.63) is 98.7 Å². The Morgan fingerprint density at radius 2 is 1.72 bits per heavy atom. The van der Waals surface area contributed by atoms with E-state index in [-0.39, 0.29) is 17.3 Å². The first-order valence-corrected chi connectivity index (χ1v) is 9.48. The average Bonchev–Trinajstić information content (AvgIpc) is 2.97. The maximum absolute atomic E-state index is 12.8. The van der Waals surface area contributed by atoms with Gasteiger partial charge in [0.2, 0.25) is 5.78 Å². The van der Waals surface area contributed by atoms with E-state index in [9.17, 15) is 9.59 Å². The van der Waals surface area contributed by atoms with Gasteiger partial charge in [0.25, 0.3) is 0 Å². The molecule has 0 unspecified atom stereocenters. The van der Waals surface area contributed by atoms with Gasteiger partial charge in [-0.1, -0.05) is 41.4 Å². The van der Waals surface area contributed by atoms with Crippen LogP contribution in [0.15, 0.2) is 66.4 Å². The van der Waals surface area contributed by atoms with Crippen molar-refractivity contribution in [2.24, 2.45) is 0 Å². The maximum Gasteiger partial charge on any atom is 0.343 e. The lowest BCUT2D eigenvalue weighted by molar-refractivity contribution is 0.0734. The highest BCUT2D eigenvalue weighted by atomic mass is 35.5. The van der Waals surface area contributed by atoms with Crippen LogP contribution in [0.2, 0.25) is 10.0 Å². The molecule has 3 aromatic rings. The van der Waals surface area contributed by atoms with Crippen LogP contribution in [0.1, 0.15) is 31.8 Å². The third-order valence-corrected chi connectivity index (χ3v) is 4.83. The Kier molecular flexibility index (Phi) is 5.14. The van der Waals surface area contributed by atoms with Gasteiger partial charge < -0.3 is 9.47 Å². The number of esters is 1. The molecule has 0 atom stereocenters. The molecule has 0 radical (unpaired) electrons. The molecule has 0 N–H and O–H groups in total. The standard InChI is InChI=1S/C23H14Cl2O4/c1-13-8-18(28-23(27)15-5-3-7-17(25)11-15)12-19-21(13)22(26)20(29-19)10-14-4-2-6-16(24)9-14/h2-12H,1H3/b20-10-. The number of allylic oxidation sites excluding steroid dienone is 1. The first-order valence-electron chi connectivity index (χ1n) is 8.73. The molecule has 0 saturated heterocycles. The fourth-order valence-corrected chi connectivity index (χ4v) is 3.45. The predicted octanol–water partition coefficient (Wildman–Crippen LogP) is 6.14. The maximum atomic E-state index is 12.8. The minimum Gasteiger partial charge on any atom is -0.452 e. The van der Waals surface area contributed by atoms with Gasteiger partial charge in [0.05, 0.1) is 11.1 Å². The van der Waals surface area contributed by atoms with Gasteiger partial charge in [-0.15, -0.1) is 0 Å². The topological polar surface area (TPSA) is 52.6 Å². The molecule has 0 amide bonds. The predicted molar refractivity (Wildman–Crippen MR) is 112 cm³/mol. The molecule has 144 valence electrons. The van der Waals surface area contributed by atoms with Crippen molar-refractivity contribution in [3.63, 3.8) is 0 Å². The van der Waals surface area contributed by atoms with E-state index in [2.05, 4.69) is 0 Å². The van der Waals surface area contributed by atoms with Gasteiger partial charge in [-0.2, -0.15) is 0 Å². The lowest BCUT2D eigenvalue weighted by Crippen LogP contribution is -2.08. The Labute approximate surface area is 177 Å². The van der Waals surface area contributed by atoms with Crippen molar-refractivity contribution in [1.29, 1.82) is 0 Å². The quantitative estimate of drug-likeness (QED) is 0.288. The monoisotopic (exact) mass is 424 g/mol. The van der Waals surface area contributed by atoms with E-state index in [0.29, 0.717) is 32.5 Å². The smallest absolute Gasteiger partial charge is 0.343 e. The first-order chi connectivity index (χ1) is 13.9. The summed E-state index contributed by atoms with van der Waals surface area (Å²) in [4.78, 5) is 25.1. The van der Waals surface area contributed by atoms with Gasteiger partial charge in [0.1, 0.15) is 11.5 Å². The number of fused-ring (bicyclic) bond motifs is 1. The van der Waals surface area contributed by atoms with Crippen LogP contribution in [0.5, 0.6) is 11.5 Å². The summed E-state index contributed by atoms with van der Waals surface area (Å²) in [6.07, 6.45) is 1.63. The fourth-order valence-electron chi connectivity index (χ4n) is 3.07. The van der Waals surface area contributed by atoms with E-state index in [0.717, 1.165) is 5.56 Å². The number of carbonyl (C=O) groups excluding carboxylic acids is 2. The zero-order chi connectivity index (χ0) is 20.5. The third-order valence-electron chi connectivity index (χ3n) is 4.36. The summed E-state index contributed by atoms with van der Waals surface area (Å²) in [5.74, 6) is 0.0277. The summed E-state index contributed by atoms with van der Waals surface area (Å²) >= 11 is 11.9. The highest BCUT2D eigenvalue weighted by Crippen LogP contribution is 2.37. The van der Waals surface area contributed by atoms with Crippen molar-refractivity contribution in [3.8, 4) is 11.5 Å². The lowest BCUT2D eigenvalue weighted by atomic mass is 10.0. The molecule has 0 aliphatic carbocycles. The number of Topliss-reactive ketones (excluding diaryl/α,β-unsaturated/α-hetero) is 1. The first kappa shape index (κ1) is 19.2. The van der Waals surface area contributed by atoms with Gasteiger partial charge in [-0.3, -0.25) is 4.79 Å². The van der Waals surface area contributed by atoms with Crippen molar-refractivity contribution in [1.82, 2.24) is 0 Å². The summed E-state index contributed by atoms with van der Waals surface area (Å²) in [5.41, 5.74) is 2.17. The number of ketones is 1. The second kappa shape index (κ2) is 7.74. The highest BCUT2D eigenvalue weighted by Gasteiger charge is 2.30. The molecule has 29 heavy (non-hydrogen) atoms. The normalized spacial score (nSPS) is 13.9. The highest BCUT2D eigenvalue weighted by molar-refractivity contribution is 6.31. The summed E-state index contributed by atoms with van der Waals surface area (Å²) in [6, 6.07) is 16.7. The summed E-state index contributed by atoms with van der Waals surface area (Å²) in [6.45, 7) is 1.76. The Morgan fingerprint density at radius 1 is 1.00 bits per heavy atom. The van der Waals surface area contributed by atoms with Crippen LogP contribution in [0.25, 0.3) is 6.08 Å². The molecule has 6 heteroatoms. The second-order valence-corrected chi connectivity index (χ2v) is 7.38. The Morgan fingerprint density at radius 3 is 2.45 bits per heavy atom. The van der Waals surface area contributed by atoms with Gasteiger partial charge in [-0.25, -0.2) is 4.79 Å². The van der Waals surface area contributed by atoms with E-state index < -0.39 is 5.97 Å². The van der Waals surface area contributed by atoms with Crippen LogP contribution in [0, 0.1) is 6.92 Å². The van der Waals surface area contributed by atoms with Crippen LogP contribution in [-0.4, -0.2) is 11.8 Å². The molecular weight excluding hydrogens is 411 g/mol. The van der Waals surface area contributed by atoms with Gasteiger partial charge in [0, 0.05) is 16.1 Å². The SMILES string of the molecule is Cc1cc(OC(=O)c2cccc(Cl)c2)cc2c1C(=O)/C(=C/c1cccc(Cl)c1)O2. The molecule has 0 fully saturated rings. The Hall–Kier alpha value is -3.08. The largest absolute Gasteiger partial charge is 0.452 e. The van der Waals surface area contributed by atoms with Crippen LogP contribution in [-0.2, 0) is 0 Å². The van der Waals surface area contributed by atoms with E-state index in [1.165, 1.54) is 12.1 Å². The number of ether oxygens (including phenoxy) is 2. The molecule has 0 spiro atoms. The van der Waals surface area contributed by atoms with E-state index in [1.807, 2.05) is 6.07 Å². The number of halogens is 2. The molecule has 4 rings (SSSR count). The van der Waals surface area contributed by atoms with Crippen LogP contribution < -0.4 is 9.47 Å². The molecule has 0 saturated carbocycles. The third kappa shape index (κ3) is 4.04. The average molecular weight is 425 g/mol. The summed E-state index contributed by atoms with van der Waals surface area (Å²) in [5, 5.41) is 1.00. The number of rotatable bonds is 3. The summed E-state index contributed by atoms with van der Waals surface area (Å²) < 4.78 is 11.2. The second-order valence-electron chi connectivity index (χ2n) is 6.51. The van der Waals surface area contributed by atoms with Crippen molar-refractivity contribution in [2.75, 3.05) is 0 Å². The van der Waals surface area contributed by atoms with Crippen molar-refractivity contribution >= 4 is 41.0 Å².